The van der Waals surface area contributed by atoms with Crippen molar-refractivity contribution in [2.75, 3.05) is 0 Å². The Labute approximate surface area is 147 Å². The average Bonchev–Trinajstić information content (AvgIpc) is 2.55. The van der Waals surface area contributed by atoms with Gasteiger partial charge in [-0.25, -0.2) is 0 Å². The smallest absolute Gasteiger partial charge is 0.323 e. The Morgan fingerprint density at radius 3 is 2.32 bits per heavy atom. The zero-order valence-electron chi connectivity index (χ0n) is 14.8. The first-order chi connectivity index (χ1) is 11.8. The molecular formula is C19H24O6. The Morgan fingerprint density at radius 2 is 1.76 bits per heavy atom. The molecule has 6 heteroatoms. The maximum atomic E-state index is 12.2. The number of carbonyl (C=O) groups is 3. The molecule has 0 spiro atoms. The maximum Gasteiger partial charge on any atom is 0.323 e. The van der Waals surface area contributed by atoms with Gasteiger partial charge < -0.3 is 14.2 Å². The van der Waals surface area contributed by atoms with Gasteiger partial charge in [-0.2, -0.15) is 0 Å². The molecule has 1 heterocycles. The van der Waals surface area contributed by atoms with Gasteiger partial charge in [0.05, 0.1) is 5.92 Å². The first kappa shape index (κ1) is 19.0. The minimum atomic E-state index is -1.23. The summed E-state index contributed by atoms with van der Waals surface area (Å²) in [6.45, 7) is 5.09. The number of cyclic esters (lactones) is 2. The lowest BCUT2D eigenvalue weighted by molar-refractivity contribution is -0.240. The summed E-state index contributed by atoms with van der Waals surface area (Å²) in [4.78, 5) is 36.2. The lowest BCUT2D eigenvalue weighted by Gasteiger charge is -2.33. The summed E-state index contributed by atoms with van der Waals surface area (Å²) >= 11 is 0. The Balaban J connectivity index is 1.86. The molecule has 136 valence electrons. The Hall–Kier alpha value is -2.37. The molecule has 0 aliphatic carbocycles. The summed E-state index contributed by atoms with van der Waals surface area (Å²) in [5, 5.41) is 0. The van der Waals surface area contributed by atoms with Crippen LogP contribution >= 0.6 is 0 Å². The molecule has 1 atom stereocenters. The predicted molar refractivity (Wildman–Crippen MR) is 89.0 cm³/mol. The zero-order valence-corrected chi connectivity index (χ0v) is 14.8. The first-order valence-corrected chi connectivity index (χ1v) is 8.48. The van der Waals surface area contributed by atoms with E-state index in [1.807, 2.05) is 37.3 Å². The molecule has 1 aromatic rings. The fourth-order valence-corrected chi connectivity index (χ4v) is 2.68. The van der Waals surface area contributed by atoms with Crippen LogP contribution in [0.5, 0.6) is 0 Å². The van der Waals surface area contributed by atoms with Crippen LogP contribution in [-0.2, 0) is 35.2 Å². The third-order valence-corrected chi connectivity index (χ3v) is 4.12. The van der Waals surface area contributed by atoms with E-state index in [9.17, 15) is 14.4 Å². The van der Waals surface area contributed by atoms with E-state index in [-0.39, 0.29) is 24.9 Å². The zero-order chi connectivity index (χ0) is 18.4. The van der Waals surface area contributed by atoms with E-state index in [1.54, 1.807) is 0 Å². The highest BCUT2D eigenvalue weighted by Gasteiger charge is 2.43. The normalized spacial score (nSPS) is 18.2. The summed E-state index contributed by atoms with van der Waals surface area (Å²) < 4.78 is 15.5. The third kappa shape index (κ3) is 5.31. The van der Waals surface area contributed by atoms with Crippen molar-refractivity contribution in [3.63, 3.8) is 0 Å². The van der Waals surface area contributed by atoms with Crippen LogP contribution in [0.3, 0.4) is 0 Å². The number of benzene rings is 1. The minimum Gasteiger partial charge on any atom is -0.461 e. The summed E-state index contributed by atoms with van der Waals surface area (Å²) in [6.07, 6.45) is 1.13. The van der Waals surface area contributed by atoms with Crippen molar-refractivity contribution in [3.8, 4) is 0 Å². The molecule has 2 rings (SSSR count). The van der Waals surface area contributed by atoms with Gasteiger partial charge in [0.2, 0.25) is 0 Å². The lowest BCUT2D eigenvalue weighted by atomic mass is 9.93. The molecule has 25 heavy (non-hydrogen) atoms. The first-order valence-electron chi connectivity index (χ1n) is 8.48. The quantitative estimate of drug-likeness (QED) is 0.557. The highest BCUT2D eigenvalue weighted by atomic mass is 16.7. The predicted octanol–water partition coefficient (Wildman–Crippen LogP) is 2.99. The topological polar surface area (TPSA) is 78.9 Å². The fraction of sp³-hybridized carbons (Fsp3) is 0.526. The number of ether oxygens (including phenoxy) is 3. The summed E-state index contributed by atoms with van der Waals surface area (Å²) in [5.41, 5.74) is 0.910. The molecule has 0 N–H and O–H groups in total. The summed E-state index contributed by atoms with van der Waals surface area (Å²) in [6, 6.07) is 9.41. The number of hydrogen-bond donors (Lipinski definition) is 0. The van der Waals surface area contributed by atoms with E-state index in [0.717, 1.165) is 5.56 Å². The number of esters is 3. The fourth-order valence-electron chi connectivity index (χ4n) is 2.68. The van der Waals surface area contributed by atoms with E-state index in [2.05, 4.69) is 0 Å². The van der Waals surface area contributed by atoms with Gasteiger partial charge in [-0.3, -0.25) is 14.4 Å². The molecular weight excluding hydrogens is 324 g/mol. The van der Waals surface area contributed by atoms with Crippen LogP contribution in [0.25, 0.3) is 0 Å². The van der Waals surface area contributed by atoms with Crippen LogP contribution in [0.1, 0.15) is 45.6 Å². The number of carbonyl (C=O) groups excluding carboxylic acids is 3. The van der Waals surface area contributed by atoms with Gasteiger partial charge in [-0.05, 0) is 24.8 Å². The standard InChI is InChI=1S/C19H24O6/c1-4-14(16(20)23-12-13-8-6-5-7-9-13)10-11-15-17(21)24-19(2,3)25-18(15)22/h5-9,14-15H,4,10-12H2,1-3H3/t14-/m1/s1. The molecule has 0 unspecified atom stereocenters. The summed E-state index contributed by atoms with van der Waals surface area (Å²) in [7, 11) is 0. The van der Waals surface area contributed by atoms with Crippen molar-refractivity contribution in [1.82, 2.24) is 0 Å². The molecule has 1 fully saturated rings. The molecule has 1 aliphatic rings. The minimum absolute atomic E-state index is 0.201. The number of rotatable bonds is 7. The highest BCUT2D eigenvalue weighted by Crippen LogP contribution is 2.27. The SMILES string of the molecule is CC[C@H](CCC1C(=O)OC(C)(C)OC1=O)C(=O)OCc1ccccc1. The van der Waals surface area contributed by atoms with Gasteiger partial charge in [-0.1, -0.05) is 37.3 Å². The molecule has 0 bridgehead atoms. The maximum absolute atomic E-state index is 12.2. The van der Waals surface area contributed by atoms with Crippen molar-refractivity contribution in [3.05, 3.63) is 35.9 Å². The van der Waals surface area contributed by atoms with E-state index in [4.69, 9.17) is 14.2 Å². The van der Waals surface area contributed by atoms with Crippen LogP contribution in [0, 0.1) is 11.8 Å². The third-order valence-electron chi connectivity index (χ3n) is 4.12. The van der Waals surface area contributed by atoms with E-state index in [1.165, 1.54) is 13.8 Å². The molecule has 6 nitrogen and oxygen atoms in total. The van der Waals surface area contributed by atoms with Gasteiger partial charge >= 0.3 is 17.9 Å². The summed E-state index contributed by atoms with van der Waals surface area (Å²) in [5.74, 6) is -4.13. The molecule has 1 aliphatic heterocycles. The van der Waals surface area contributed by atoms with E-state index in [0.29, 0.717) is 12.8 Å². The van der Waals surface area contributed by atoms with E-state index < -0.39 is 23.6 Å². The van der Waals surface area contributed by atoms with E-state index >= 15 is 0 Å². The second-order valence-electron chi connectivity index (χ2n) is 6.57. The largest absolute Gasteiger partial charge is 0.461 e. The van der Waals surface area contributed by atoms with Crippen molar-refractivity contribution in [2.24, 2.45) is 11.8 Å². The van der Waals surface area contributed by atoms with Crippen molar-refractivity contribution in [1.29, 1.82) is 0 Å². The Morgan fingerprint density at radius 1 is 1.16 bits per heavy atom. The molecule has 1 saturated heterocycles. The van der Waals surface area contributed by atoms with Crippen LogP contribution < -0.4 is 0 Å². The van der Waals surface area contributed by atoms with Crippen LogP contribution in [0.15, 0.2) is 30.3 Å². The van der Waals surface area contributed by atoms with Crippen molar-refractivity contribution >= 4 is 17.9 Å². The Kier molecular flexibility index (Phi) is 6.17. The van der Waals surface area contributed by atoms with Crippen LogP contribution in [0.4, 0.5) is 0 Å². The monoisotopic (exact) mass is 348 g/mol. The van der Waals surface area contributed by atoms with Gasteiger partial charge in [-0.15, -0.1) is 0 Å². The van der Waals surface area contributed by atoms with Crippen LogP contribution in [0.2, 0.25) is 0 Å². The average molecular weight is 348 g/mol. The lowest BCUT2D eigenvalue weighted by Crippen LogP contribution is -2.46. The van der Waals surface area contributed by atoms with Crippen LogP contribution in [-0.4, -0.2) is 23.7 Å². The van der Waals surface area contributed by atoms with Gasteiger partial charge in [0, 0.05) is 13.8 Å². The molecule has 0 amide bonds. The van der Waals surface area contributed by atoms with Gasteiger partial charge in [0.1, 0.15) is 6.61 Å². The van der Waals surface area contributed by atoms with Crippen molar-refractivity contribution < 1.29 is 28.6 Å². The second-order valence-corrected chi connectivity index (χ2v) is 6.57. The molecule has 0 aromatic heterocycles. The van der Waals surface area contributed by atoms with Gasteiger partial charge in [0.25, 0.3) is 5.79 Å². The van der Waals surface area contributed by atoms with Crippen molar-refractivity contribution in [2.45, 2.75) is 52.4 Å². The second kappa shape index (κ2) is 8.14. The highest BCUT2D eigenvalue weighted by molar-refractivity contribution is 5.96. The molecule has 0 saturated carbocycles. The molecule has 1 aromatic carbocycles. The Bertz CT molecular complexity index is 602. The molecule has 0 radical (unpaired) electrons. The number of hydrogen-bond acceptors (Lipinski definition) is 6. The van der Waals surface area contributed by atoms with Gasteiger partial charge in [0.15, 0.2) is 5.92 Å².